The number of hydrogen-bond donors (Lipinski definition) is 2. The van der Waals surface area contributed by atoms with Gasteiger partial charge in [-0.1, -0.05) is 0 Å². The number of aromatic nitrogens is 2. The summed E-state index contributed by atoms with van der Waals surface area (Å²) >= 11 is 0. The summed E-state index contributed by atoms with van der Waals surface area (Å²) in [6.45, 7) is 0. The summed E-state index contributed by atoms with van der Waals surface area (Å²) in [6, 6.07) is 0. The standard InChI is InChI=1S/C6H13N4/c1-10(2,3)6-5(7)4-8-9-6/h4H,7H2,1-3H3,(H,8,9)/q+1. The molecule has 4 nitrogen and oxygen atoms in total. The molecule has 0 aromatic carbocycles. The zero-order valence-corrected chi connectivity index (χ0v) is 6.55. The number of rotatable bonds is 1. The van der Waals surface area contributed by atoms with Gasteiger partial charge in [-0.25, -0.2) is 5.10 Å². The highest BCUT2D eigenvalue weighted by atomic mass is 15.4. The first-order valence-corrected chi connectivity index (χ1v) is 3.12. The van der Waals surface area contributed by atoms with Crippen LogP contribution in [0.5, 0.6) is 0 Å². The Labute approximate surface area is 60.2 Å². The third-order valence-electron chi connectivity index (χ3n) is 1.32. The Kier molecular flexibility index (Phi) is 1.40. The lowest BCUT2D eigenvalue weighted by Crippen LogP contribution is -2.35. The number of anilines is 1. The number of aromatic amines is 1. The van der Waals surface area contributed by atoms with E-state index in [-0.39, 0.29) is 0 Å². The Hall–Kier alpha value is -1.03. The molecule has 0 saturated heterocycles. The van der Waals surface area contributed by atoms with Crippen molar-refractivity contribution < 1.29 is 0 Å². The minimum Gasteiger partial charge on any atom is -0.391 e. The molecule has 0 unspecified atom stereocenters. The van der Waals surface area contributed by atoms with Gasteiger partial charge in [0, 0.05) is 0 Å². The first-order valence-electron chi connectivity index (χ1n) is 3.12. The average Bonchev–Trinajstić information content (AvgIpc) is 2.11. The van der Waals surface area contributed by atoms with E-state index in [1.165, 1.54) is 0 Å². The number of nitrogen functional groups attached to an aromatic ring is 1. The van der Waals surface area contributed by atoms with E-state index in [2.05, 4.69) is 10.2 Å². The number of hydrogen-bond acceptors (Lipinski definition) is 2. The SMILES string of the molecule is C[N+](C)(C)c1[nH]ncc1N. The van der Waals surface area contributed by atoms with E-state index < -0.39 is 0 Å². The summed E-state index contributed by atoms with van der Waals surface area (Å²) in [7, 11) is 6.09. The van der Waals surface area contributed by atoms with Gasteiger partial charge < -0.3 is 5.73 Å². The lowest BCUT2D eigenvalue weighted by molar-refractivity contribution is 0.474. The molecule has 56 valence electrons. The van der Waals surface area contributed by atoms with Gasteiger partial charge in [0.25, 0.3) is 0 Å². The predicted octanol–water partition coefficient (Wildman–Crippen LogP) is 0.189. The second kappa shape index (κ2) is 1.98. The Bertz CT molecular complexity index is 220. The molecule has 1 aromatic heterocycles. The minimum atomic E-state index is 0.672. The second-order valence-corrected chi connectivity index (χ2v) is 3.19. The monoisotopic (exact) mass is 141 g/mol. The van der Waals surface area contributed by atoms with Gasteiger partial charge in [-0.3, -0.25) is 4.48 Å². The molecule has 10 heavy (non-hydrogen) atoms. The van der Waals surface area contributed by atoms with Gasteiger partial charge in [-0.05, 0) is 0 Å². The molecular weight excluding hydrogens is 128 g/mol. The lowest BCUT2D eigenvalue weighted by atomic mass is 10.4. The number of nitrogens with one attached hydrogen (secondary N) is 1. The van der Waals surface area contributed by atoms with Crippen LogP contribution in [-0.4, -0.2) is 31.3 Å². The Morgan fingerprint density at radius 2 is 2.10 bits per heavy atom. The van der Waals surface area contributed by atoms with E-state index in [1.807, 2.05) is 21.1 Å². The normalized spacial score (nSPS) is 11.9. The highest BCUT2D eigenvalue weighted by Gasteiger charge is 2.17. The molecule has 0 aliphatic heterocycles. The molecule has 4 heteroatoms. The first-order chi connectivity index (χ1) is 4.52. The molecule has 1 aromatic rings. The molecule has 0 fully saturated rings. The quantitative estimate of drug-likeness (QED) is 0.548. The Morgan fingerprint density at radius 1 is 1.50 bits per heavy atom. The predicted molar refractivity (Wildman–Crippen MR) is 42.6 cm³/mol. The van der Waals surface area contributed by atoms with Crippen molar-refractivity contribution in [3.8, 4) is 0 Å². The van der Waals surface area contributed by atoms with Gasteiger partial charge in [-0.15, -0.1) is 0 Å². The number of nitrogens with two attached hydrogens (primary N) is 1. The summed E-state index contributed by atoms with van der Waals surface area (Å²) in [5, 5.41) is 6.67. The molecule has 3 N–H and O–H groups in total. The largest absolute Gasteiger partial charge is 0.391 e. The molecule has 0 amide bonds. The van der Waals surface area contributed by atoms with E-state index in [0.717, 1.165) is 5.82 Å². The number of quaternary nitrogens is 1. The number of nitrogens with zero attached hydrogens (tertiary/aromatic N) is 2. The van der Waals surface area contributed by atoms with Gasteiger partial charge in [0.1, 0.15) is 5.69 Å². The van der Waals surface area contributed by atoms with Crippen LogP contribution in [0.1, 0.15) is 0 Å². The molecule has 0 spiro atoms. The van der Waals surface area contributed by atoms with Crippen LogP contribution in [0.15, 0.2) is 6.20 Å². The third-order valence-corrected chi connectivity index (χ3v) is 1.32. The fraction of sp³-hybridized carbons (Fsp3) is 0.500. The van der Waals surface area contributed by atoms with Crippen molar-refractivity contribution in [2.75, 3.05) is 26.9 Å². The van der Waals surface area contributed by atoms with Crippen LogP contribution in [-0.2, 0) is 0 Å². The smallest absolute Gasteiger partial charge is 0.246 e. The van der Waals surface area contributed by atoms with Crippen LogP contribution in [0.2, 0.25) is 0 Å². The van der Waals surface area contributed by atoms with Gasteiger partial charge >= 0.3 is 0 Å². The molecule has 0 saturated carbocycles. The van der Waals surface area contributed by atoms with Crippen molar-refractivity contribution in [2.45, 2.75) is 0 Å². The lowest BCUT2D eigenvalue weighted by Gasteiger charge is -2.20. The van der Waals surface area contributed by atoms with Crippen LogP contribution in [0.3, 0.4) is 0 Å². The molecule has 0 aliphatic rings. The van der Waals surface area contributed by atoms with Gasteiger partial charge in [-0.2, -0.15) is 5.10 Å². The summed E-state index contributed by atoms with van der Waals surface area (Å²) in [5.41, 5.74) is 6.33. The van der Waals surface area contributed by atoms with Crippen LogP contribution >= 0.6 is 0 Å². The Morgan fingerprint density at radius 3 is 2.30 bits per heavy atom. The van der Waals surface area contributed by atoms with E-state index >= 15 is 0 Å². The summed E-state index contributed by atoms with van der Waals surface area (Å²) < 4.78 is 0.672. The van der Waals surface area contributed by atoms with Gasteiger partial charge in [0.15, 0.2) is 0 Å². The molecule has 0 bridgehead atoms. The van der Waals surface area contributed by atoms with Crippen molar-refractivity contribution in [3.05, 3.63) is 6.20 Å². The van der Waals surface area contributed by atoms with E-state index in [4.69, 9.17) is 5.73 Å². The van der Waals surface area contributed by atoms with E-state index in [9.17, 15) is 0 Å². The van der Waals surface area contributed by atoms with Crippen LogP contribution in [0, 0.1) is 0 Å². The van der Waals surface area contributed by atoms with Crippen LogP contribution < -0.4 is 10.2 Å². The summed E-state index contributed by atoms with van der Waals surface area (Å²) in [5.74, 6) is 0.944. The van der Waals surface area contributed by atoms with Gasteiger partial charge in [0.2, 0.25) is 5.82 Å². The molecule has 1 rings (SSSR count). The maximum Gasteiger partial charge on any atom is 0.246 e. The Balaban J connectivity index is 3.05. The fourth-order valence-electron chi connectivity index (χ4n) is 0.826. The van der Waals surface area contributed by atoms with Crippen molar-refractivity contribution in [1.29, 1.82) is 0 Å². The molecule has 0 radical (unpaired) electrons. The topological polar surface area (TPSA) is 54.7 Å². The second-order valence-electron chi connectivity index (χ2n) is 3.19. The van der Waals surface area contributed by atoms with Crippen molar-refractivity contribution in [2.24, 2.45) is 0 Å². The highest BCUT2D eigenvalue weighted by molar-refractivity contribution is 5.57. The van der Waals surface area contributed by atoms with E-state index in [0.29, 0.717) is 10.2 Å². The summed E-state index contributed by atoms with van der Waals surface area (Å²) in [4.78, 5) is 0. The zero-order chi connectivity index (χ0) is 7.78. The molecule has 0 aliphatic carbocycles. The minimum absolute atomic E-state index is 0.672. The van der Waals surface area contributed by atoms with Crippen LogP contribution in [0.25, 0.3) is 0 Å². The molecular formula is C6H13N4+. The maximum absolute atomic E-state index is 5.62. The summed E-state index contributed by atoms with van der Waals surface area (Å²) in [6.07, 6.45) is 1.62. The van der Waals surface area contributed by atoms with Crippen molar-refractivity contribution in [1.82, 2.24) is 14.7 Å². The van der Waals surface area contributed by atoms with Crippen molar-refractivity contribution in [3.63, 3.8) is 0 Å². The highest BCUT2D eigenvalue weighted by Crippen LogP contribution is 2.19. The molecule has 0 atom stereocenters. The fourth-order valence-corrected chi connectivity index (χ4v) is 0.826. The maximum atomic E-state index is 5.62. The van der Waals surface area contributed by atoms with Crippen LogP contribution in [0.4, 0.5) is 11.5 Å². The average molecular weight is 141 g/mol. The molecule has 1 heterocycles. The zero-order valence-electron chi connectivity index (χ0n) is 6.55. The van der Waals surface area contributed by atoms with Gasteiger partial charge in [0.05, 0.1) is 27.3 Å². The van der Waals surface area contributed by atoms with E-state index in [1.54, 1.807) is 6.20 Å². The third kappa shape index (κ3) is 1.11. The van der Waals surface area contributed by atoms with Crippen molar-refractivity contribution >= 4 is 11.5 Å². The number of H-pyrrole nitrogens is 1. The first kappa shape index (κ1) is 7.08.